The van der Waals surface area contributed by atoms with Gasteiger partial charge in [-0.15, -0.1) is 0 Å². The molecule has 2 fully saturated rings. The van der Waals surface area contributed by atoms with E-state index < -0.39 is 15.1 Å². The third-order valence-electron chi connectivity index (χ3n) is 4.80. The fraction of sp³-hybridized carbons (Fsp3) is 0.529. The molecule has 3 atom stereocenters. The molecule has 0 radical (unpaired) electrons. The Bertz CT molecular complexity index is 761. The predicted octanol–water partition coefficient (Wildman–Crippen LogP) is 1.34. The topological polar surface area (TPSA) is 104 Å². The molecule has 2 saturated heterocycles. The van der Waals surface area contributed by atoms with Crippen molar-refractivity contribution in [3.63, 3.8) is 0 Å². The van der Waals surface area contributed by atoms with Gasteiger partial charge in [-0.25, -0.2) is 13.2 Å². The number of hydrogen-bond donors (Lipinski definition) is 3. The number of benzene rings is 1. The first-order chi connectivity index (χ1) is 11.8. The smallest absolute Gasteiger partial charge is 0.315 e. The second-order valence-electron chi connectivity index (χ2n) is 6.78. The van der Waals surface area contributed by atoms with E-state index in [1.165, 1.54) is 0 Å². The van der Waals surface area contributed by atoms with E-state index in [9.17, 15) is 18.0 Å². The summed E-state index contributed by atoms with van der Waals surface area (Å²) >= 11 is 0. The van der Waals surface area contributed by atoms with Gasteiger partial charge in [-0.05, 0) is 31.9 Å². The number of rotatable bonds is 6. The average Bonchev–Trinajstić information content (AvgIpc) is 2.98. The van der Waals surface area contributed by atoms with Crippen LogP contribution in [-0.2, 0) is 14.6 Å². The van der Waals surface area contributed by atoms with Crippen LogP contribution in [0.5, 0.6) is 0 Å². The predicted molar refractivity (Wildman–Crippen MR) is 95.1 cm³/mol. The first-order valence-corrected chi connectivity index (χ1v) is 10.2. The van der Waals surface area contributed by atoms with Crippen LogP contribution in [0.3, 0.4) is 0 Å². The normalized spacial score (nSPS) is 26.6. The Labute approximate surface area is 147 Å². The minimum absolute atomic E-state index is 0.00498. The number of sulfone groups is 1. The zero-order valence-corrected chi connectivity index (χ0v) is 14.9. The lowest BCUT2D eigenvalue weighted by Gasteiger charge is -2.16. The van der Waals surface area contributed by atoms with Crippen LogP contribution in [0.1, 0.15) is 31.2 Å². The highest BCUT2D eigenvalue weighted by atomic mass is 32.2. The Kier molecular flexibility index (Phi) is 4.99. The molecular weight excluding hydrogens is 342 g/mol. The molecule has 2 aliphatic heterocycles. The van der Waals surface area contributed by atoms with Crippen LogP contribution in [0.2, 0.25) is 0 Å². The van der Waals surface area contributed by atoms with Crippen LogP contribution in [0.4, 0.5) is 10.5 Å². The molecule has 0 bridgehead atoms. The molecule has 0 saturated carbocycles. The summed E-state index contributed by atoms with van der Waals surface area (Å²) in [7, 11) is -3.20. The van der Waals surface area contributed by atoms with Gasteiger partial charge in [0.2, 0.25) is 5.91 Å². The zero-order valence-electron chi connectivity index (χ0n) is 14.1. The Morgan fingerprint density at radius 2 is 1.92 bits per heavy atom. The lowest BCUT2D eigenvalue weighted by molar-refractivity contribution is -0.116. The molecular formula is C17H23N3O4S. The molecule has 25 heavy (non-hydrogen) atoms. The largest absolute Gasteiger partial charge is 0.332 e. The maximum Gasteiger partial charge on any atom is 0.315 e. The Morgan fingerprint density at radius 1 is 1.20 bits per heavy atom. The van der Waals surface area contributed by atoms with Crippen LogP contribution in [0.25, 0.3) is 0 Å². The second-order valence-corrected chi connectivity index (χ2v) is 9.04. The number of urea groups is 1. The third kappa shape index (κ3) is 4.12. The van der Waals surface area contributed by atoms with Gasteiger partial charge in [-0.1, -0.05) is 24.1 Å². The lowest BCUT2D eigenvalue weighted by atomic mass is 10.0. The average molecular weight is 365 g/mol. The number of unbranched alkanes of at least 4 members (excludes halogenated alkanes) is 1. The summed E-state index contributed by atoms with van der Waals surface area (Å²) in [6.07, 6.45) is 2.05. The van der Waals surface area contributed by atoms with Crippen molar-refractivity contribution >= 4 is 27.5 Å². The summed E-state index contributed by atoms with van der Waals surface area (Å²) in [6, 6.07) is 6.60. The minimum atomic E-state index is -3.20. The highest BCUT2D eigenvalue weighted by Gasteiger charge is 2.51. The summed E-state index contributed by atoms with van der Waals surface area (Å²) in [5, 5.41) is 7.62. The molecule has 0 aromatic heterocycles. The van der Waals surface area contributed by atoms with Crippen LogP contribution in [0.15, 0.2) is 24.3 Å². The number of hydrogen-bond acceptors (Lipinski definition) is 4. The number of anilines is 1. The first kappa shape index (κ1) is 17.7. The van der Waals surface area contributed by atoms with Crippen molar-refractivity contribution in [3.05, 3.63) is 29.8 Å². The van der Waals surface area contributed by atoms with Gasteiger partial charge < -0.3 is 16.0 Å². The van der Waals surface area contributed by atoms with E-state index in [2.05, 4.69) is 16.0 Å². The standard InChI is InChI=1S/C17H23N3O4S/c1-11-6-8-12(9-7-11)18-15(21)5-3-2-4-14-16-13(10-25(14,23)24)19-17(22)20-16/h6-9,13-14,16H,2-5,10H2,1H3,(H,18,21)(H2,19,20,22). The van der Waals surface area contributed by atoms with E-state index in [1.807, 2.05) is 31.2 Å². The summed E-state index contributed by atoms with van der Waals surface area (Å²) in [4.78, 5) is 23.3. The molecule has 7 nitrogen and oxygen atoms in total. The molecule has 3 unspecified atom stereocenters. The lowest BCUT2D eigenvalue weighted by Crippen LogP contribution is -2.39. The van der Waals surface area contributed by atoms with Crippen LogP contribution < -0.4 is 16.0 Å². The van der Waals surface area contributed by atoms with Crippen molar-refractivity contribution in [1.82, 2.24) is 10.6 Å². The van der Waals surface area contributed by atoms with Gasteiger partial charge in [0.15, 0.2) is 9.84 Å². The van der Waals surface area contributed by atoms with Crippen LogP contribution >= 0.6 is 0 Å². The number of fused-ring (bicyclic) bond motifs is 1. The van der Waals surface area contributed by atoms with E-state index in [0.29, 0.717) is 25.7 Å². The van der Waals surface area contributed by atoms with Gasteiger partial charge >= 0.3 is 6.03 Å². The number of carbonyl (C=O) groups is 2. The van der Waals surface area contributed by atoms with Gasteiger partial charge in [0.05, 0.1) is 23.1 Å². The second kappa shape index (κ2) is 7.03. The van der Waals surface area contributed by atoms with E-state index in [0.717, 1.165) is 11.3 Å². The maximum atomic E-state index is 12.2. The van der Waals surface area contributed by atoms with E-state index >= 15 is 0 Å². The molecule has 3 rings (SSSR count). The van der Waals surface area contributed by atoms with Crippen LogP contribution in [0, 0.1) is 6.92 Å². The molecule has 8 heteroatoms. The van der Waals surface area contributed by atoms with E-state index in [4.69, 9.17) is 0 Å². The molecule has 3 N–H and O–H groups in total. The molecule has 3 amide bonds. The monoisotopic (exact) mass is 365 g/mol. The number of nitrogens with one attached hydrogen (secondary N) is 3. The van der Waals surface area contributed by atoms with Gasteiger partial charge in [0.25, 0.3) is 0 Å². The Morgan fingerprint density at radius 3 is 2.64 bits per heavy atom. The van der Waals surface area contributed by atoms with Crippen molar-refractivity contribution in [2.75, 3.05) is 11.1 Å². The molecule has 1 aromatic rings. The Hall–Kier alpha value is -2.09. The quantitative estimate of drug-likeness (QED) is 0.523. The minimum Gasteiger partial charge on any atom is -0.332 e. The molecule has 1 aromatic carbocycles. The number of carbonyl (C=O) groups excluding carboxylic acids is 2. The molecule has 136 valence electrons. The SMILES string of the molecule is Cc1ccc(NC(=O)CCCCC2C3NC(=O)NC3CS2(=O)=O)cc1. The van der Waals surface area contributed by atoms with Gasteiger partial charge in [0.1, 0.15) is 0 Å². The molecule has 0 spiro atoms. The van der Waals surface area contributed by atoms with Crippen molar-refractivity contribution in [2.24, 2.45) is 0 Å². The van der Waals surface area contributed by atoms with Gasteiger partial charge in [0, 0.05) is 12.1 Å². The fourth-order valence-electron chi connectivity index (χ4n) is 3.50. The van der Waals surface area contributed by atoms with Crippen molar-refractivity contribution in [3.8, 4) is 0 Å². The highest BCUT2D eigenvalue weighted by Crippen LogP contribution is 2.28. The number of aryl methyl sites for hydroxylation is 1. The molecule has 0 aliphatic carbocycles. The first-order valence-electron chi connectivity index (χ1n) is 8.50. The van der Waals surface area contributed by atoms with Crippen molar-refractivity contribution < 1.29 is 18.0 Å². The molecule has 2 heterocycles. The van der Waals surface area contributed by atoms with E-state index in [-0.39, 0.29) is 29.8 Å². The van der Waals surface area contributed by atoms with E-state index in [1.54, 1.807) is 0 Å². The summed E-state index contributed by atoms with van der Waals surface area (Å²) in [5.41, 5.74) is 1.89. The highest BCUT2D eigenvalue weighted by molar-refractivity contribution is 7.92. The van der Waals surface area contributed by atoms with Crippen LogP contribution in [-0.4, -0.2) is 43.4 Å². The summed E-state index contributed by atoms with van der Waals surface area (Å²) < 4.78 is 24.4. The summed E-state index contributed by atoms with van der Waals surface area (Å²) in [5.74, 6) is -0.0820. The van der Waals surface area contributed by atoms with Crippen molar-refractivity contribution in [1.29, 1.82) is 0 Å². The maximum absolute atomic E-state index is 12.2. The van der Waals surface area contributed by atoms with Gasteiger partial charge in [-0.2, -0.15) is 0 Å². The summed E-state index contributed by atoms with van der Waals surface area (Å²) in [6.45, 7) is 1.98. The fourth-order valence-corrected chi connectivity index (χ4v) is 5.77. The van der Waals surface area contributed by atoms with Crippen molar-refractivity contribution in [2.45, 2.75) is 49.9 Å². The zero-order chi connectivity index (χ0) is 18.0. The molecule has 2 aliphatic rings. The van der Waals surface area contributed by atoms with Gasteiger partial charge in [-0.3, -0.25) is 4.79 Å². The number of amides is 3. The third-order valence-corrected chi connectivity index (χ3v) is 7.07. The Balaban J connectivity index is 1.44.